The van der Waals surface area contributed by atoms with Crippen LogP contribution in [0.2, 0.25) is 0 Å². The summed E-state index contributed by atoms with van der Waals surface area (Å²) in [4.78, 5) is 12.8. The monoisotopic (exact) mass is 422 g/mol. The zero-order chi connectivity index (χ0) is 21.9. The molecule has 30 heavy (non-hydrogen) atoms. The van der Waals surface area contributed by atoms with Gasteiger partial charge in [-0.1, -0.05) is 48.0 Å². The van der Waals surface area contributed by atoms with Crippen LogP contribution in [0.4, 0.5) is 5.69 Å². The molecule has 0 saturated heterocycles. The van der Waals surface area contributed by atoms with Gasteiger partial charge in [-0.3, -0.25) is 9.52 Å². The fraction of sp³-hybridized carbons (Fsp3) is 0.208. The molecule has 0 saturated carbocycles. The maximum absolute atomic E-state index is 12.8. The third-order valence-corrected chi connectivity index (χ3v) is 6.40. The van der Waals surface area contributed by atoms with Crippen molar-refractivity contribution in [2.75, 3.05) is 4.72 Å². The lowest BCUT2D eigenvalue weighted by Gasteiger charge is -2.17. The molecule has 0 fully saturated rings. The maximum Gasteiger partial charge on any atom is 0.261 e. The molecule has 1 amide bonds. The Morgan fingerprint density at radius 3 is 2.30 bits per heavy atom. The number of hydrogen-bond acceptors (Lipinski definition) is 3. The van der Waals surface area contributed by atoms with Crippen molar-refractivity contribution >= 4 is 21.6 Å². The Hall–Kier alpha value is -3.12. The highest BCUT2D eigenvalue weighted by molar-refractivity contribution is 7.92. The molecular weight excluding hydrogens is 396 g/mol. The van der Waals surface area contributed by atoms with Gasteiger partial charge in [0.15, 0.2) is 0 Å². The number of carbonyl (C=O) groups is 1. The Morgan fingerprint density at radius 2 is 1.60 bits per heavy atom. The van der Waals surface area contributed by atoms with Crippen molar-refractivity contribution in [3.8, 4) is 0 Å². The van der Waals surface area contributed by atoms with E-state index in [-0.39, 0.29) is 16.8 Å². The van der Waals surface area contributed by atoms with E-state index >= 15 is 0 Å². The molecule has 0 aliphatic heterocycles. The number of para-hydroxylation sites is 1. The summed E-state index contributed by atoms with van der Waals surface area (Å²) in [6.45, 7) is 7.78. The van der Waals surface area contributed by atoms with Crippen LogP contribution >= 0.6 is 0 Å². The van der Waals surface area contributed by atoms with Crippen molar-refractivity contribution < 1.29 is 13.2 Å². The normalized spacial score (nSPS) is 12.3. The Kier molecular flexibility index (Phi) is 6.27. The molecule has 0 radical (unpaired) electrons. The molecule has 3 rings (SSSR count). The molecule has 0 spiro atoms. The lowest BCUT2D eigenvalue weighted by Crippen LogP contribution is -2.27. The summed E-state index contributed by atoms with van der Waals surface area (Å²) < 4.78 is 28.2. The molecule has 156 valence electrons. The predicted octanol–water partition coefficient (Wildman–Crippen LogP) is 4.90. The Bertz CT molecular complexity index is 1190. The summed E-state index contributed by atoms with van der Waals surface area (Å²) in [7, 11) is -3.81. The average Bonchev–Trinajstić information content (AvgIpc) is 2.69. The predicted molar refractivity (Wildman–Crippen MR) is 120 cm³/mol. The molecule has 0 bridgehead atoms. The van der Waals surface area contributed by atoms with Gasteiger partial charge in [0.2, 0.25) is 0 Å². The van der Waals surface area contributed by atoms with Crippen LogP contribution in [0.5, 0.6) is 0 Å². The first-order valence-corrected chi connectivity index (χ1v) is 11.2. The summed E-state index contributed by atoms with van der Waals surface area (Å²) in [5.41, 5.74) is 4.90. The van der Waals surface area contributed by atoms with E-state index in [2.05, 4.69) is 16.1 Å². The van der Waals surface area contributed by atoms with Crippen LogP contribution < -0.4 is 10.0 Å². The lowest BCUT2D eigenvalue weighted by atomic mass is 10.00. The SMILES string of the molecule is Cc1ccc([C@@H](C)NC(=O)c2cccc(S(=O)(=O)Nc3ccccc3C)c2)c(C)c1. The Labute approximate surface area is 178 Å². The van der Waals surface area contributed by atoms with Gasteiger partial charge in [0.25, 0.3) is 15.9 Å². The third-order valence-electron chi connectivity index (χ3n) is 5.04. The topological polar surface area (TPSA) is 75.3 Å². The minimum absolute atomic E-state index is 0.0394. The Morgan fingerprint density at radius 1 is 0.867 bits per heavy atom. The van der Waals surface area contributed by atoms with Gasteiger partial charge in [-0.25, -0.2) is 8.42 Å². The van der Waals surface area contributed by atoms with Crippen LogP contribution in [0.15, 0.2) is 71.6 Å². The number of carbonyl (C=O) groups excluding carboxylic acids is 1. The molecule has 5 nitrogen and oxygen atoms in total. The van der Waals surface area contributed by atoms with E-state index in [0.29, 0.717) is 11.3 Å². The number of hydrogen-bond donors (Lipinski definition) is 2. The number of aryl methyl sites for hydroxylation is 3. The van der Waals surface area contributed by atoms with Crippen LogP contribution in [-0.4, -0.2) is 14.3 Å². The largest absolute Gasteiger partial charge is 0.346 e. The lowest BCUT2D eigenvalue weighted by molar-refractivity contribution is 0.0939. The maximum atomic E-state index is 12.8. The van der Waals surface area contributed by atoms with Crippen LogP contribution in [0.3, 0.4) is 0 Å². The molecule has 0 aliphatic carbocycles. The molecule has 1 atom stereocenters. The van der Waals surface area contributed by atoms with E-state index in [1.807, 2.05) is 52.0 Å². The molecule has 0 heterocycles. The van der Waals surface area contributed by atoms with Crippen LogP contribution in [0.1, 0.15) is 45.6 Å². The smallest absolute Gasteiger partial charge is 0.261 e. The average molecular weight is 423 g/mol. The van der Waals surface area contributed by atoms with Gasteiger partial charge in [0.1, 0.15) is 0 Å². The summed E-state index contributed by atoms with van der Waals surface area (Å²) in [6, 6.07) is 19.1. The molecule has 2 N–H and O–H groups in total. The van der Waals surface area contributed by atoms with E-state index in [1.54, 1.807) is 24.3 Å². The number of benzene rings is 3. The third kappa shape index (κ3) is 4.89. The van der Waals surface area contributed by atoms with Crippen LogP contribution in [0, 0.1) is 20.8 Å². The molecule has 0 unspecified atom stereocenters. The number of rotatable bonds is 6. The van der Waals surface area contributed by atoms with Gasteiger partial charge in [0, 0.05) is 5.56 Å². The van der Waals surface area contributed by atoms with Crippen molar-refractivity contribution in [2.24, 2.45) is 0 Å². The molecule has 6 heteroatoms. The van der Waals surface area contributed by atoms with E-state index in [0.717, 1.165) is 22.3 Å². The summed E-state index contributed by atoms with van der Waals surface area (Å²) in [5, 5.41) is 2.96. The van der Waals surface area contributed by atoms with Gasteiger partial charge < -0.3 is 5.32 Å². The number of nitrogens with one attached hydrogen (secondary N) is 2. The van der Waals surface area contributed by atoms with E-state index < -0.39 is 10.0 Å². The summed E-state index contributed by atoms with van der Waals surface area (Å²) in [6.07, 6.45) is 0. The standard InChI is InChI=1S/C24H26N2O3S/c1-16-12-13-22(18(3)14-16)19(4)25-24(27)20-9-7-10-21(15-20)30(28,29)26-23-11-6-5-8-17(23)2/h5-15,19,26H,1-4H3,(H,25,27)/t19-/m1/s1. The first kappa shape index (κ1) is 21.6. The van der Waals surface area contributed by atoms with Crippen molar-refractivity contribution in [3.63, 3.8) is 0 Å². The van der Waals surface area contributed by atoms with E-state index in [4.69, 9.17) is 0 Å². The summed E-state index contributed by atoms with van der Waals surface area (Å²) in [5.74, 6) is -0.324. The van der Waals surface area contributed by atoms with Crippen molar-refractivity contribution in [1.29, 1.82) is 0 Å². The zero-order valence-corrected chi connectivity index (χ0v) is 18.4. The zero-order valence-electron chi connectivity index (χ0n) is 17.6. The second-order valence-electron chi connectivity index (χ2n) is 7.50. The van der Waals surface area contributed by atoms with Crippen LogP contribution in [0.25, 0.3) is 0 Å². The molecular formula is C24H26N2O3S. The highest BCUT2D eigenvalue weighted by atomic mass is 32.2. The molecule has 3 aromatic carbocycles. The van der Waals surface area contributed by atoms with E-state index in [9.17, 15) is 13.2 Å². The molecule has 3 aromatic rings. The van der Waals surface area contributed by atoms with Gasteiger partial charge >= 0.3 is 0 Å². The van der Waals surface area contributed by atoms with Gasteiger partial charge in [-0.05, 0) is 68.7 Å². The fourth-order valence-electron chi connectivity index (χ4n) is 3.36. The minimum Gasteiger partial charge on any atom is -0.346 e. The second-order valence-corrected chi connectivity index (χ2v) is 9.19. The number of anilines is 1. The Balaban J connectivity index is 1.80. The van der Waals surface area contributed by atoms with Crippen molar-refractivity contribution in [3.05, 3.63) is 94.5 Å². The number of sulfonamides is 1. The van der Waals surface area contributed by atoms with Crippen molar-refractivity contribution in [2.45, 2.75) is 38.6 Å². The van der Waals surface area contributed by atoms with Crippen LogP contribution in [-0.2, 0) is 10.0 Å². The first-order chi connectivity index (χ1) is 14.2. The minimum atomic E-state index is -3.81. The van der Waals surface area contributed by atoms with E-state index in [1.165, 1.54) is 12.1 Å². The quantitative estimate of drug-likeness (QED) is 0.593. The van der Waals surface area contributed by atoms with Gasteiger partial charge in [0.05, 0.1) is 16.6 Å². The van der Waals surface area contributed by atoms with Crippen molar-refractivity contribution in [1.82, 2.24) is 5.32 Å². The number of amides is 1. The fourth-order valence-corrected chi connectivity index (χ4v) is 4.54. The highest BCUT2D eigenvalue weighted by Gasteiger charge is 2.19. The van der Waals surface area contributed by atoms with Gasteiger partial charge in [-0.15, -0.1) is 0 Å². The molecule has 0 aliphatic rings. The second kappa shape index (κ2) is 8.71. The van der Waals surface area contributed by atoms with Gasteiger partial charge in [-0.2, -0.15) is 0 Å². The highest BCUT2D eigenvalue weighted by Crippen LogP contribution is 2.22. The first-order valence-electron chi connectivity index (χ1n) is 9.74. The molecule has 0 aromatic heterocycles. The summed E-state index contributed by atoms with van der Waals surface area (Å²) >= 11 is 0.